The van der Waals surface area contributed by atoms with E-state index < -0.39 is 0 Å². The monoisotopic (exact) mass is 378 g/mol. The standard InChI is InChI=1S/C24H30N2O2/c1-28-23-10-6-18(7-11-23)17-26-14-12-22(13-15-26)25-24(27)21-9-8-19-4-2-3-5-20(19)16-21/h2-7,10-11,21-22H,8-9,12-17H2,1H3,(H,25,27). The summed E-state index contributed by atoms with van der Waals surface area (Å²) < 4.78 is 5.23. The summed E-state index contributed by atoms with van der Waals surface area (Å²) >= 11 is 0. The van der Waals surface area contributed by atoms with Crippen LogP contribution in [0.1, 0.15) is 36.0 Å². The summed E-state index contributed by atoms with van der Waals surface area (Å²) in [7, 11) is 1.69. The Morgan fingerprint density at radius 3 is 2.46 bits per heavy atom. The smallest absolute Gasteiger partial charge is 0.223 e. The zero-order valence-corrected chi connectivity index (χ0v) is 16.7. The molecule has 2 aliphatic rings. The summed E-state index contributed by atoms with van der Waals surface area (Å²) in [5.74, 6) is 1.28. The van der Waals surface area contributed by atoms with Crippen molar-refractivity contribution in [2.24, 2.45) is 5.92 Å². The number of ether oxygens (including phenoxy) is 1. The predicted octanol–water partition coefficient (Wildman–Crippen LogP) is 3.58. The molecular formula is C24H30N2O2. The van der Waals surface area contributed by atoms with Crippen LogP contribution in [0.4, 0.5) is 0 Å². The molecule has 1 aliphatic heterocycles. The van der Waals surface area contributed by atoms with Gasteiger partial charge in [0.25, 0.3) is 0 Å². The highest BCUT2D eigenvalue weighted by atomic mass is 16.5. The highest BCUT2D eigenvalue weighted by Gasteiger charge is 2.27. The van der Waals surface area contributed by atoms with E-state index in [1.165, 1.54) is 16.7 Å². The number of methoxy groups -OCH3 is 1. The minimum absolute atomic E-state index is 0.132. The summed E-state index contributed by atoms with van der Waals surface area (Å²) in [6.45, 7) is 3.03. The molecular weight excluding hydrogens is 348 g/mol. The van der Waals surface area contributed by atoms with Gasteiger partial charge in [0, 0.05) is 31.6 Å². The van der Waals surface area contributed by atoms with E-state index in [1.807, 2.05) is 12.1 Å². The number of hydrogen-bond acceptors (Lipinski definition) is 3. The molecule has 4 heteroatoms. The third-order valence-electron chi connectivity index (χ3n) is 6.22. The van der Waals surface area contributed by atoms with Gasteiger partial charge in [0.2, 0.25) is 5.91 Å². The maximum Gasteiger partial charge on any atom is 0.223 e. The fraction of sp³-hybridized carbons (Fsp3) is 0.458. The lowest BCUT2D eigenvalue weighted by atomic mass is 9.83. The molecule has 4 rings (SSSR count). The first kappa shape index (κ1) is 19.0. The van der Waals surface area contributed by atoms with Crippen LogP contribution in [-0.4, -0.2) is 37.0 Å². The summed E-state index contributed by atoms with van der Waals surface area (Å²) in [5, 5.41) is 3.34. The highest BCUT2D eigenvalue weighted by Crippen LogP contribution is 2.26. The molecule has 0 bridgehead atoms. The molecule has 0 spiro atoms. The summed E-state index contributed by atoms with van der Waals surface area (Å²) in [5.41, 5.74) is 4.07. The van der Waals surface area contributed by atoms with Crippen molar-refractivity contribution in [3.8, 4) is 5.75 Å². The second-order valence-corrected chi connectivity index (χ2v) is 8.12. The van der Waals surface area contributed by atoms with Gasteiger partial charge in [-0.1, -0.05) is 36.4 Å². The number of aryl methyl sites for hydroxylation is 1. The number of fused-ring (bicyclic) bond motifs is 1. The molecule has 1 saturated heterocycles. The largest absolute Gasteiger partial charge is 0.497 e. The van der Waals surface area contributed by atoms with Gasteiger partial charge in [-0.3, -0.25) is 9.69 Å². The van der Waals surface area contributed by atoms with Crippen LogP contribution < -0.4 is 10.1 Å². The topological polar surface area (TPSA) is 41.6 Å². The summed E-state index contributed by atoms with van der Waals surface area (Å²) in [6.07, 6.45) is 4.95. The van der Waals surface area contributed by atoms with E-state index in [0.717, 1.165) is 57.5 Å². The van der Waals surface area contributed by atoms with Crippen molar-refractivity contribution in [1.82, 2.24) is 10.2 Å². The number of nitrogens with one attached hydrogen (secondary N) is 1. The van der Waals surface area contributed by atoms with Crippen LogP contribution in [0.25, 0.3) is 0 Å². The summed E-state index contributed by atoms with van der Waals surface area (Å²) in [6, 6.07) is 17.2. The van der Waals surface area contributed by atoms with Crippen molar-refractivity contribution >= 4 is 5.91 Å². The van der Waals surface area contributed by atoms with Gasteiger partial charge in [-0.2, -0.15) is 0 Å². The van der Waals surface area contributed by atoms with Crippen molar-refractivity contribution in [1.29, 1.82) is 0 Å². The van der Waals surface area contributed by atoms with E-state index in [1.54, 1.807) is 7.11 Å². The predicted molar refractivity (Wildman–Crippen MR) is 111 cm³/mol. The van der Waals surface area contributed by atoms with Crippen LogP contribution in [0.3, 0.4) is 0 Å². The Balaban J connectivity index is 1.23. The lowest BCUT2D eigenvalue weighted by Crippen LogP contribution is -2.46. The number of amides is 1. The lowest BCUT2D eigenvalue weighted by Gasteiger charge is -2.33. The molecule has 4 nitrogen and oxygen atoms in total. The van der Waals surface area contributed by atoms with Gasteiger partial charge in [0.1, 0.15) is 5.75 Å². The molecule has 1 fully saturated rings. The van der Waals surface area contributed by atoms with Gasteiger partial charge in [0.15, 0.2) is 0 Å². The fourth-order valence-electron chi connectivity index (χ4n) is 4.47. The average molecular weight is 379 g/mol. The minimum atomic E-state index is 0.132. The second-order valence-electron chi connectivity index (χ2n) is 8.12. The molecule has 0 saturated carbocycles. The zero-order valence-electron chi connectivity index (χ0n) is 16.7. The Bertz CT molecular complexity index is 795. The third kappa shape index (κ3) is 4.56. The van der Waals surface area contributed by atoms with E-state index in [-0.39, 0.29) is 11.8 Å². The Morgan fingerprint density at radius 2 is 1.75 bits per heavy atom. The van der Waals surface area contributed by atoms with Crippen LogP contribution >= 0.6 is 0 Å². The van der Waals surface area contributed by atoms with E-state index in [0.29, 0.717) is 6.04 Å². The lowest BCUT2D eigenvalue weighted by molar-refractivity contribution is -0.126. The van der Waals surface area contributed by atoms with Gasteiger partial charge in [-0.05, 0) is 60.9 Å². The minimum Gasteiger partial charge on any atom is -0.497 e. The van der Waals surface area contributed by atoms with Crippen molar-refractivity contribution in [3.05, 3.63) is 65.2 Å². The molecule has 1 atom stereocenters. The van der Waals surface area contributed by atoms with Gasteiger partial charge >= 0.3 is 0 Å². The van der Waals surface area contributed by atoms with Crippen molar-refractivity contribution in [2.45, 2.75) is 44.7 Å². The highest BCUT2D eigenvalue weighted by molar-refractivity contribution is 5.79. The van der Waals surface area contributed by atoms with Gasteiger partial charge in [-0.25, -0.2) is 0 Å². The van der Waals surface area contributed by atoms with Crippen LogP contribution in [0.5, 0.6) is 5.75 Å². The Morgan fingerprint density at radius 1 is 1.04 bits per heavy atom. The second kappa shape index (κ2) is 8.78. The maximum atomic E-state index is 12.8. The van der Waals surface area contributed by atoms with Crippen molar-refractivity contribution in [2.75, 3.05) is 20.2 Å². The number of carbonyl (C=O) groups is 1. The molecule has 148 valence electrons. The van der Waals surface area contributed by atoms with E-state index in [4.69, 9.17) is 4.74 Å². The Hall–Kier alpha value is -2.33. The number of hydrogen-bond donors (Lipinski definition) is 1. The number of carbonyl (C=O) groups excluding carboxylic acids is 1. The fourth-order valence-corrected chi connectivity index (χ4v) is 4.47. The third-order valence-corrected chi connectivity index (χ3v) is 6.22. The first-order chi connectivity index (χ1) is 13.7. The quantitative estimate of drug-likeness (QED) is 0.865. The van der Waals surface area contributed by atoms with Crippen molar-refractivity contribution < 1.29 is 9.53 Å². The molecule has 1 amide bonds. The van der Waals surface area contributed by atoms with E-state index in [2.05, 4.69) is 46.6 Å². The molecule has 0 aromatic heterocycles. The van der Waals surface area contributed by atoms with Crippen LogP contribution in [0.2, 0.25) is 0 Å². The summed E-state index contributed by atoms with van der Waals surface area (Å²) in [4.78, 5) is 15.2. The number of nitrogens with zero attached hydrogens (tertiary/aromatic N) is 1. The average Bonchev–Trinajstić information content (AvgIpc) is 2.75. The van der Waals surface area contributed by atoms with Crippen LogP contribution in [0.15, 0.2) is 48.5 Å². The molecule has 28 heavy (non-hydrogen) atoms. The molecule has 1 aliphatic carbocycles. The normalized spacial score (nSPS) is 20.4. The molecule has 0 radical (unpaired) electrons. The van der Waals surface area contributed by atoms with Gasteiger partial charge in [0.05, 0.1) is 7.11 Å². The van der Waals surface area contributed by atoms with Gasteiger partial charge in [-0.15, -0.1) is 0 Å². The Labute approximate surface area is 167 Å². The molecule has 2 aromatic carbocycles. The van der Waals surface area contributed by atoms with Crippen molar-refractivity contribution in [3.63, 3.8) is 0 Å². The molecule has 1 unspecified atom stereocenters. The number of piperidine rings is 1. The van der Waals surface area contributed by atoms with Crippen LogP contribution in [-0.2, 0) is 24.2 Å². The number of benzene rings is 2. The van der Waals surface area contributed by atoms with Crippen LogP contribution in [0, 0.1) is 5.92 Å². The van der Waals surface area contributed by atoms with Gasteiger partial charge < -0.3 is 10.1 Å². The molecule has 1 N–H and O–H groups in total. The van der Waals surface area contributed by atoms with E-state index >= 15 is 0 Å². The molecule has 2 aromatic rings. The first-order valence-corrected chi connectivity index (χ1v) is 10.4. The molecule has 1 heterocycles. The maximum absolute atomic E-state index is 12.8. The SMILES string of the molecule is COc1ccc(CN2CCC(NC(=O)C3CCc4ccccc4C3)CC2)cc1. The van der Waals surface area contributed by atoms with E-state index in [9.17, 15) is 4.79 Å². The Kier molecular flexibility index (Phi) is 5.96. The number of likely N-dealkylation sites (tertiary alicyclic amines) is 1. The zero-order chi connectivity index (χ0) is 19.3. The number of rotatable bonds is 5. The first-order valence-electron chi connectivity index (χ1n) is 10.4.